The first-order valence-electron chi connectivity index (χ1n) is 9.31. The van der Waals surface area contributed by atoms with Gasteiger partial charge in [0.1, 0.15) is 5.69 Å². The lowest BCUT2D eigenvalue weighted by atomic mass is 9.78. The Hall–Kier alpha value is -3.75. The third-order valence-corrected chi connectivity index (χ3v) is 5.11. The van der Waals surface area contributed by atoms with Crippen LogP contribution < -0.4 is 10.6 Å². The summed E-state index contributed by atoms with van der Waals surface area (Å²) in [4.78, 5) is 21.1. The highest BCUT2D eigenvalue weighted by atomic mass is 16.1. The lowest BCUT2D eigenvalue weighted by Gasteiger charge is -2.32. The lowest BCUT2D eigenvalue weighted by Crippen LogP contribution is -2.32. The van der Waals surface area contributed by atoms with E-state index in [-0.39, 0.29) is 11.3 Å². The second kappa shape index (κ2) is 6.13. The predicted molar refractivity (Wildman–Crippen MR) is 109 cm³/mol. The average molecular weight is 388 g/mol. The van der Waals surface area contributed by atoms with Crippen molar-refractivity contribution in [1.29, 1.82) is 0 Å². The third-order valence-electron chi connectivity index (χ3n) is 5.11. The molecule has 0 spiro atoms. The molecule has 0 bridgehead atoms. The Bertz CT molecular complexity index is 1250. The van der Waals surface area contributed by atoms with Crippen LogP contribution in [0.2, 0.25) is 0 Å². The number of rotatable bonds is 3. The molecule has 9 nitrogen and oxygen atoms in total. The smallest absolute Gasteiger partial charge is 0.247 e. The molecule has 4 heterocycles. The molecule has 146 valence electrons. The molecule has 0 aliphatic carbocycles. The van der Waals surface area contributed by atoms with E-state index in [1.165, 1.54) is 0 Å². The Labute approximate surface area is 166 Å². The summed E-state index contributed by atoms with van der Waals surface area (Å²) in [6, 6.07) is 5.93. The molecule has 1 amide bonds. The number of aromatic nitrogens is 6. The maximum Gasteiger partial charge on any atom is 0.247 e. The van der Waals surface area contributed by atoms with E-state index < -0.39 is 0 Å². The summed E-state index contributed by atoms with van der Waals surface area (Å²) in [5.74, 6) is 0.474. The molecule has 4 aromatic rings. The first kappa shape index (κ1) is 17.4. The van der Waals surface area contributed by atoms with Crippen molar-refractivity contribution in [2.24, 2.45) is 7.05 Å². The maximum atomic E-state index is 12.0. The molecular formula is C20H20N8O. The van der Waals surface area contributed by atoms with Gasteiger partial charge in [-0.3, -0.25) is 14.5 Å². The van der Waals surface area contributed by atoms with E-state index in [1.54, 1.807) is 27.8 Å². The van der Waals surface area contributed by atoms with Gasteiger partial charge in [-0.25, -0.2) is 4.52 Å². The molecule has 2 N–H and O–H groups in total. The van der Waals surface area contributed by atoms with Crippen molar-refractivity contribution in [1.82, 2.24) is 29.4 Å². The van der Waals surface area contributed by atoms with E-state index in [0.717, 1.165) is 22.5 Å². The Kier molecular flexibility index (Phi) is 3.67. The van der Waals surface area contributed by atoms with Gasteiger partial charge in [0.15, 0.2) is 5.65 Å². The highest BCUT2D eigenvalue weighted by Crippen LogP contribution is 2.38. The molecular weight excluding hydrogens is 368 g/mol. The van der Waals surface area contributed by atoms with Crippen LogP contribution in [0.15, 0.2) is 43.0 Å². The number of aryl methyl sites for hydroxylation is 1. The average Bonchev–Trinajstić information content (AvgIpc) is 3.25. The SMILES string of the molecule is Cn1cc(-c2nccn3nc(Nc4ccc5c(c4)NC(=O)CC5(C)C)nc23)cn1. The van der Waals surface area contributed by atoms with E-state index in [0.29, 0.717) is 23.7 Å². The summed E-state index contributed by atoms with van der Waals surface area (Å²) in [6.07, 6.45) is 7.55. The first-order chi connectivity index (χ1) is 13.9. The van der Waals surface area contributed by atoms with Crippen LogP contribution in [-0.4, -0.2) is 35.3 Å². The zero-order valence-corrected chi connectivity index (χ0v) is 16.3. The van der Waals surface area contributed by atoms with Crippen molar-refractivity contribution < 1.29 is 4.79 Å². The minimum Gasteiger partial charge on any atom is -0.326 e. The Morgan fingerprint density at radius 3 is 2.93 bits per heavy atom. The highest BCUT2D eigenvalue weighted by molar-refractivity contribution is 5.96. The van der Waals surface area contributed by atoms with Gasteiger partial charge in [-0.1, -0.05) is 19.9 Å². The number of benzene rings is 1. The number of nitrogens with one attached hydrogen (secondary N) is 2. The zero-order chi connectivity index (χ0) is 20.2. The van der Waals surface area contributed by atoms with Gasteiger partial charge in [0.25, 0.3) is 0 Å². The van der Waals surface area contributed by atoms with Crippen LogP contribution in [-0.2, 0) is 17.3 Å². The standard InChI is InChI=1S/C20H20N8O/c1-20(2)9-16(29)24-15-8-13(4-5-14(15)20)23-19-25-18-17(12-10-22-27(3)11-12)21-6-7-28(18)26-19/h4-8,10-11H,9H2,1-3H3,(H,23,26)(H,24,29). The molecule has 0 saturated carbocycles. The van der Waals surface area contributed by atoms with Crippen LogP contribution >= 0.6 is 0 Å². The van der Waals surface area contributed by atoms with Gasteiger partial charge in [-0.15, -0.1) is 5.10 Å². The number of nitrogens with zero attached hydrogens (tertiary/aromatic N) is 6. The molecule has 5 rings (SSSR count). The van der Waals surface area contributed by atoms with Crippen molar-refractivity contribution in [2.75, 3.05) is 10.6 Å². The number of hydrogen-bond donors (Lipinski definition) is 2. The predicted octanol–water partition coefficient (Wildman–Crippen LogP) is 2.89. The molecule has 3 aromatic heterocycles. The topological polar surface area (TPSA) is 102 Å². The van der Waals surface area contributed by atoms with Crippen molar-refractivity contribution >= 4 is 28.9 Å². The van der Waals surface area contributed by atoms with Gasteiger partial charge < -0.3 is 10.6 Å². The number of carbonyl (C=O) groups excluding carboxylic acids is 1. The van der Waals surface area contributed by atoms with Crippen LogP contribution in [0.4, 0.5) is 17.3 Å². The number of hydrogen-bond acceptors (Lipinski definition) is 6. The molecule has 0 atom stereocenters. The van der Waals surface area contributed by atoms with E-state index in [1.807, 2.05) is 31.4 Å². The molecule has 1 aromatic carbocycles. The van der Waals surface area contributed by atoms with Gasteiger partial charge in [0, 0.05) is 54.4 Å². The van der Waals surface area contributed by atoms with E-state index >= 15 is 0 Å². The summed E-state index contributed by atoms with van der Waals surface area (Å²) < 4.78 is 3.40. The monoisotopic (exact) mass is 388 g/mol. The molecule has 29 heavy (non-hydrogen) atoms. The molecule has 0 unspecified atom stereocenters. The van der Waals surface area contributed by atoms with E-state index in [4.69, 9.17) is 0 Å². The van der Waals surface area contributed by atoms with Gasteiger partial charge in [-0.2, -0.15) is 10.1 Å². The van der Waals surface area contributed by atoms with E-state index in [2.05, 4.69) is 44.6 Å². The van der Waals surface area contributed by atoms with Gasteiger partial charge >= 0.3 is 0 Å². The van der Waals surface area contributed by atoms with Crippen LogP contribution in [0.1, 0.15) is 25.8 Å². The summed E-state index contributed by atoms with van der Waals surface area (Å²) in [5.41, 5.74) is 4.76. The van der Waals surface area contributed by atoms with Crippen LogP contribution in [0, 0.1) is 0 Å². The third kappa shape index (κ3) is 3.00. The fraction of sp³-hybridized carbons (Fsp3) is 0.250. The highest BCUT2D eigenvalue weighted by Gasteiger charge is 2.31. The lowest BCUT2D eigenvalue weighted by molar-refractivity contribution is -0.117. The maximum absolute atomic E-state index is 12.0. The molecule has 0 fully saturated rings. The molecule has 1 aliphatic rings. The van der Waals surface area contributed by atoms with Crippen molar-refractivity contribution in [3.05, 3.63) is 48.5 Å². The Morgan fingerprint density at radius 1 is 1.28 bits per heavy atom. The second-order valence-corrected chi connectivity index (χ2v) is 7.88. The van der Waals surface area contributed by atoms with Crippen LogP contribution in [0.25, 0.3) is 16.9 Å². The normalized spacial score (nSPS) is 15.2. The van der Waals surface area contributed by atoms with Crippen LogP contribution in [0.5, 0.6) is 0 Å². The summed E-state index contributed by atoms with van der Waals surface area (Å²) in [6.45, 7) is 4.16. The second-order valence-electron chi connectivity index (χ2n) is 7.88. The minimum absolute atomic E-state index is 0.0256. The van der Waals surface area contributed by atoms with Gasteiger partial charge in [-0.05, 0) is 17.7 Å². The number of amides is 1. The van der Waals surface area contributed by atoms with Crippen molar-refractivity contribution in [2.45, 2.75) is 25.7 Å². The van der Waals surface area contributed by atoms with Crippen molar-refractivity contribution in [3.8, 4) is 11.3 Å². The number of anilines is 3. The molecule has 9 heteroatoms. The Morgan fingerprint density at radius 2 is 2.14 bits per heavy atom. The fourth-order valence-corrected chi connectivity index (χ4v) is 3.75. The summed E-state index contributed by atoms with van der Waals surface area (Å²) in [7, 11) is 1.86. The zero-order valence-electron chi connectivity index (χ0n) is 16.3. The summed E-state index contributed by atoms with van der Waals surface area (Å²) in [5, 5.41) is 14.9. The fourth-order valence-electron chi connectivity index (χ4n) is 3.75. The Balaban J connectivity index is 1.50. The molecule has 0 radical (unpaired) electrons. The first-order valence-corrected chi connectivity index (χ1v) is 9.31. The quantitative estimate of drug-likeness (QED) is 0.560. The number of carbonyl (C=O) groups is 1. The minimum atomic E-state index is -0.193. The molecule has 0 saturated heterocycles. The van der Waals surface area contributed by atoms with Crippen LogP contribution in [0.3, 0.4) is 0 Å². The summed E-state index contributed by atoms with van der Waals surface area (Å²) >= 11 is 0. The van der Waals surface area contributed by atoms with Crippen molar-refractivity contribution in [3.63, 3.8) is 0 Å². The van der Waals surface area contributed by atoms with Gasteiger partial charge in [0.05, 0.1) is 6.20 Å². The van der Waals surface area contributed by atoms with Gasteiger partial charge in [0.2, 0.25) is 11.9 Å². The molecule has 1 aliphatic heterocycles. The van der Waals surface area contributed by atoms with E-state index in [9.17, 15) is 4.79 Å². The largest absolute Gasteiger partial charge is 0.326 e. The number of fused-ring (bicyclic) bond motifs is 2.